The predicted molar refractivity (Wildman–Crippen MR) is 82.2 cm³/mol. The van der Waals surface area contributed by atoms with Crippen LogP contribution >= 0.6 is 0 Å². The molecule has 1 aliphatic rings. The maximum absolute atomic E-state index is 12.6. The van der Waals surface area contributed by atoms with Crippen LogP contribution in [0, 0.1) is 26.7 Å². The van der Waals surface area contributed by atoms with Crippen LogP contribution < -0.4 is 10.5 Å². The first kappa shape index (κ1) is 15.3. The Balaban J connectivity index is 2.29. The van der Waals surface area contributed by atoms with Gasteiger partial charge in [0.1, 0.15) is 0 Å². The maximum atomic E-state index is 12.6. The van der Waals surface area contributed by atoms with Gasteiger partial charge in [-0.1, -0.05) is 12.8 Å². The number of nitrogens with two attached hydrogens (primary N) is 1. The summed E-state index contributed by atoms with van der Waals surface area (Å²) in [6, 6.07) is 1.83. The highest BCUT2D eigenvalue weighted by atomic mass is 32.2. The zero-order chi connectivity index (χ0) is 14.9. The Morgan fingerprint density at radius 3 is 2.40 bits per heavy atom. The van der Waals surface area contributed by atoms with Gasteiger partial charge in [0.2, 0.25) is 10.0 Å². The predicted octanol–water partition coefficient (Wildman–Crippen LogP) is 2.66. The highest BCUT2D eigenvalue weighted by Gasteiger charge is 2.24. The van der Waals surface area contributed by atoms with E-state index in [9.17, 15) is 8.42 Å². The first-order valence-electron chi connectivity index (χ1n) is 7.19. The van der Waals surface area contributed by atoms with Gasteiger partial charge in [-0.3, -0.25) is 0 Å². The van der Waals surface area contributed by atoms with Crippen LogP contribution in [0.25, 0.3) is 0 Å². The molecular formula is C15H24N2O2S. The number of nitrogen functional groups attached to an aromatic ring is 1. The summed E-state index contributed by atoms with van der Waals surface area (Å²) in [7, 11) is -3.48. The maximum Gasteiger partial charge on any atom is 0.241 e. The van der Waals surface area contributed by atoms with Gasteiger partial charge >= 0.3 is 0 Å². The Kier molecular flexibility index (Phi) is 4.39. The number of nitrogens with one attached hydrogen (secondary N) is 1. The zero-order valence-electron chi connectivity index (χ0n) is 12.5. The monoisotopic (exact) mass is 296 g/mol. The number of rotatable bonds is 4. The fourth-order valence-corrected chi connectivity index (χ4v) is 4.64. The van der Waals surface area contributed by atoms with E-state index in [1.165, 1.54) is 12.8 Å². The molecule has 0 aliphatic heterocycles. The normalized spacial score (nSPS) is 16.8. The average molecular weight is 296 g/mol. The van der Waals surface area contributed by atoms with E-state index in [4.69, 9.17) is 5.73 Å². The molecular weight excluding hydrogens is 272 g/mol. The minimum atomic E-state index is -3.48. The van der Waals surface area contributed by atoms with Gasteiger partial charge in [0, 0.05) is 12.2 Å². The molecule has 1 aliphatic carbocycles. The molecule has 0 radical (unpaired) electrons. The molecule has 1 aromatic carbocycles. The number of aryl methyl sites for hydroxylation is 1. The Labute approximate surface area is 121 Å². The zero-order valence-corrected chi connectivity index (χ0v) is 13.3. The van der Waals surface area contributed by atoms with Crippen molar-refractivity contribution in [1.82, 2.24) is 4.72 Å². The number of hydrogen-bond donors (Lipinski definition) is 2. The Bertz CT molecular complexity index is 577. The molecule has 3 N–H and O–H groups in total. The van der Waals surface area contributed by atoms with E-state index in [-0.39, 0.29) is 0 Å². The molecule has 0 atom stereocenters. The van der Waals surface area contributed by atoms with Gasteiger partial charge in [-0.25, -0.2) is 13.1 Å². The second kappa shape index (κ2) is 5.74. The summed E-state index contributed by atoms with van der Waals surface area (Å²) in [4.78, 5) is 0.355. The summed E-state index contributed by atoms with van der Waals surface area (Å²) in [5.41, 5.74) is 8.79. The number of sulfonamides is 1. The number of anilines is 1. The molecule has 0 spiro atoms. The summed E-state index contributed by atoms with van der Waals surface area (Å²) in [6.07, 6.45) is 4.66. The molecule has 0 amide bonds. The van der Waals surface area contributed by atoms with E-state index >= 15 is 0 Å². The lowest BCUT2D eigenvalue weighted by Gasteiger charge is -2.17. The molecule has 2 rings (SSSR count). The van der Waals surface area contributed by atoms with Crippen molar-refractivity contribution in [3.05, 3.63) is 22.8 Å². The van der Waals surface area contributed by atoms with Crippen molar-refractivity contribution in [2.75, 3.05) is 12.3 Å². The van der Waals surface area contributed by atoms with E-state index in [1.54, 1.807) is 6.92 Å². The molecule has 20 heavy (non-hydrogen) atoms. The van der Waals surface area contributed by atoms with Gasteiger partial charge in [-0.15, -0.1) is 0 Å². The van der Waals surface area contributed by atoms with Crippen LogP contribution in [-0.4, -0.2) is 15.0 Å². The first-order valence-corrected chi connectivity index (χ1v) is 8.67. The van der Waals surface area contributed by atoms with Crippen molar-refractivity contribution < 1.29 is 8.42 Å². The first-order chi connectivity index (χ1) is 9.33. The van der Waals surface area contributed by atoms with Gasteiger partial charge in [0.15, 0.2) is 0 Å². The largest absolute Gasteiger partial charge is 0.398 e. The van der Waals surface area contributed by atoms with Crippen LogP contribution in [0.5, 0.6) is 0 Å². The van der Waals surface area contributed by atoms with Crippen LogP contribution in [0.1, 0.15) is 42.4 Å². The lowest BCUT2D eigenvalue weighted by molar-refractivity contribution is 0.519. The van der Waals surface area contributed by atoms with Crippen LogP contribution in [-0.2, 0) is 10.0 Å². The van der Waals surface area contributed by atoms with Crippen LogP contribution in [0.2, 0.25) is 0 Å². The molecule has 0 aromatic heterocycles. The molecule has 1 aromatic rings. The average Bonchev–Trinajstić information content (AvgIpc) is 2.87. The van der Waals surface area contributed by atoms with Crippen molar-refractivity contribution in [3.8, 4) is 0 Å². The number of hydrogen-bond acceptors (Lipinski definition) is 3. The highest BCUT2D eigenvalue weighted by Crippen LogP contribution is 2.29. The lowest BCUT2D eigenvalue weighted by atomic mass is 10.1. The molecule has 5 heteroatoms. The third-order valence-electron chi connectivity index (χ3n) is 4.38. The number of benzene rings is 1. The van der Waals surface area contributed by atoms with E-state index in [2.05, 4.69) is 4.72 Å². The van der Waals surface area contributed by atoms with Gasteiger partial charge in [0.05, 0.1) is 4.90 Å². The Hall–Kier alpha value is -1.07. The van der Waals surface area contributed by atoms with Crippen molar-refractivity contribution in [1.29, 1.82) is 0 Å². The van der Waals surface area contributed by atoms with Crippen molar-refractivity contribution >= 4 is 15.7 Å². The standard InChI is InChI=1S/C15H24N2O2S/c1-10-8-14(16)12(3)15(11(10)2)20(18,19)17-9-13-6-4-5-7-13/h8,13,17H,4-7,9,16H2,1-3H3. The SMILES string of the molecule is Cc1cc(N)c(C)c(S(=O)(=O)NCC2CCCC2)c1C. The minimum Gasteiger partial charge on any atom is -0.398 e. The van der Waals surface area contributed by atoms with E-state index in [0.717, 1.165) is 24.0 Å². The fraction of sp³-hybridized carbons (Fsp3) is 0.600. The molecule has 1 fully saturated rings. The van der Waals surface area contributed by atoms with E-state index < -0.39 is 10.0 Å². The molecule has 0 bridgehead atoms. The fourth-order valence-electron chi connectivity index (χ4n) is 2.96. The molecule has 1 saturated carbocycles. The van der Waals surface area contributed by atoms with Gasteiger partial charge in [-0.05, 0) is 62.3 Å². The summed E-state index contributed by atoms with van der Waals surface area (Å²) in [5.74, 6) is 0.479. The second-order valence-electron chi connectivity index (χ2n) is 5.86. The summed E-state index contributed by atoms with van der Waals surface area (Å²) in [5, 5.41) is 0. The summed E-state index contributed by atoms with van der Waals surface area (Å²) < 4.78 is 27.9. The molecule has 0 heterocycles. The lowest BCUT2D eigenvalue weighted by Crippen LogP contribution is -2.30. The van der Waals surface area contributed by atoms with Crippen molar-refractivity contribution in [2.45, 2.75) is 51.3 Å². The Morgan fingerprint density at radius 2 is 1.80 bits per heavy atom. The molecule has 4 nitrogen and oxygen atoms in total. The van der Waals surface area contributed by atoms with Gasteiger partial charge in [0.25, 0.3) is 0 Å². The molecule has 0 saturated heterocycles. The van der Waals surface area contributed by atoms with Gasteiger partial charge < -0.3 is 5.73 Å². The van der Waals surface area contributed by atoms with Gasteiger partial charge in [-0.2, -0.15) is 0 Å². The smallest absolute Gasteiger partial charge is 0.241 e. The van der Waals surface area contributed by atoms with Crippen molar-refractivity contribution in [2.24, 2.45) is 5.92 Å². The van der Waals surface area contributed by atoms with Crippen LogP contribution in [0.3, 0.4) is 0 Å². The summed E-state index contributed by atoms with van der Waals surface area (Å²) >= 11 is 0. The highest BCUT2D eigenvalue weighted by molar-refractivity contribution is 7.89. The minimum absolute atomic E-state index is 0.355. The van der Waals surface area contributed by atoms with E-state index in [1.807, 2.05) is 19.9 Å². The van der Waals surface area contributed by atoms with Crippen LogP contribution in [0.15, 0.2) is 11.0 Å². The third-order valence-corrected chi connectivity index (χ3v) is 6.08. The van der Waals surface area contributed by atoms with Crippen LogP contribution in [0.4, 0.5) is 5.69 Å². The Morgan fingerprint density at radius 1 is 1.20 bits per heavy atom. The quantitative estimate of drug-likeness (QED) is 0.839. The van der Waals surface area contributed by atoms with Crippen molar-refractivity contribution in [3.63, 3.8) is 0 Å². The third kappa shape index (κ3) is 2.99. The molecule has 112 valence electrons. The second-order valence-corrected chi connectivity index (χ2v) is 7.57. The molecule has 0 unspecified atom stereocenters. The summed E-state index contributed by atoms with van der Waals surface area (Å²) in [6.45, 7) is 6.04. The van der Waals surface area contributed by atoms with E-state index in [0.29, 0.717) is 28.6 Å². The topological polar surface area (TPSA) is 72.2 Å².